The lowest BCUT2D eigenvalue weighted by atomic mass is 10.1. The number of aromatic nitrogens is 1. The summed E-state index contributed by atoms with van der Waals surface area (Å²) in [5, 5.41) is 11.2. The Hall–Kier alpha value is -1.39. The van der Waals surface area contributed by atoms with Crippen molar-refractivity contribution < 1.29 is 9.84 Å². The molecule has 0 radical (unpaired) electrons. The summed E-state index contributed by atoms with van der Waals surface area (Å²) in [5.41, 5.74) is 1.16. The molecule has 0 spiro atoms. The second-order valence-corrected chi connectivity index (χ2v) is 6.17. The highest BCUT2D eigenvalue weighted by Gasteiger charge is 2.24. The molecule has 0 aliphatic carbocycles. The van der Waals surface area contributed by atoms with Crippen LogP contribution in [0.4, 0.5) is 0 Å². The summed E-state index contributed by atoms with van der Waals surface area (Å²) in [7, 11) is 0. The highest BCUT2D eigenvalue weighted by Crippen LogP contribution is 2.36. The normalized spacial score (nSPS) is 11.7. The van der Waals surface area contributed by atoms with Gasteiger partial charge in [0.05, 0.1) is 22.8 Å². The van der Waals surface area contributed by atoms with E-state index in [2.05, 4.69) is 11.9 Å². The van der Waals surface area contributed by atoms with Crippen LogP contribution in [0.3, 0.4) is 0 Å². The average molecular weight is 291 g/mol. The van der Waals surface area contributed by atoms with E-state index >= 15 is 0 Å². The fraction of sp³-hybridized carbons (Fsp3) is 0.438. The van der Waals surface area contributed by atoms with Gasteiger partial charge in [-0.2, -0.15) is 0 Å². The van der Waals surface area contributed by atoms with Crippen LogP contribution < -0.4 is 4.74 Å². The highest BCUT2D eigenvalue weighted by atomic mass is 32.1. The molecule has 0 saturated heterocycles. The molecular weight excluding hydrogens is 270 g/mol. The highest BCUT2D eigenvalue weighted by molar-refractivity contribution is 7.15. The molecule has 4 heteroatoms. The van der Waals surface area contributed by atoms with Gasteiger partial charge in [0.2, 0.25) is 0 Å². The number of hydrogen-bond acceptors (Lipinski definition) is 4. The van der Waals surface area contributed by atoms with Crippen LogP contribution in [0.15, 0.2) is 24.3 Å². The van der Waals surface area contributed by atoms with Gasteiger partial charge in [-0.25, -0.2) is 4.98 Å². The number of aryl methyl sites for hydroxylation is 1. The fourth-order valence-corrected chi connectivity index (χ4v) is 3.23. The van der Waals surface area contributed by atoms with E-state index in [1.54, 1.807) is 25.2 Å². The molecule has 0 atom stereocenters. The van der Waals surface area contributed by atoms with Crippen molar-refractivity contribution in [3.8, 4) is 16.3 Å². The molecule has 0 fully saturated rings. The zero-order valence-electron chi connectivity index (χ0n) is 12.4. The zero-order chi connectivity index (χ0) is 14.8. The number of thiazole rings is 1. The molecule has 0 aliphatic rings. The second kappa shape index (κ2) is 5.94. The fourth-order valence-electron chi connectivity index (χ4n) is 2.08. The van der Waals surface area contributed by atoms with Gasteiger partial charge in [0, 0.05) is 5.56 Å². The van der Waals surface area contributed by atoms with Crippen molar-refractivity contribution in [1.82, 2.24) is 4.98 Å². The Morgan fingerprint density at radius 3 is 2.60 bits per heavy atom. The maximum absolute atomic E-state index is 10.2. The van der Waals surface area contributed by atoms with E-state index in [0.717, 1.165) is 33.3 Å². The maximum atomic E-state index is 10.2. The van der Waals surface area contributed by atoms with E-state index in [4.69, 9.17) is 4.74 Å². The first-order valence-electron chi connectivity index (χ1n) is 6.91. The van der Waals surface area contributed by atoms with Crippen molar-refractivity contribution in [2.24, 2.45) is 0 Å². The minimum Gasteiger partial charge on any atom is -0.494 e. The average Bonchev–Trinajstić information content (AvgIpc) is 2.83. The molecule has 3 nitrogen and oxygen atoms in total. The van der Waals surface area contributed by atoms with Gasteiger partial charge in [-0.05, 0) is 39.3 Å². The quantitative estimate of drug-likeness (QED) is 0.905. The predicted octanol–water partition coefficient (Wildman–Crippen LogP) is 4.00. The van der Waals surface area contributed by atoms with Crippen molar-refractivity contribution in [3.63, 3.8) is 0 Å². The lowest BCUT2D eigenvalue weighted by Gasteiger charge is -2.15. The molecule has 108 valence electrons. The summed E-state index contributed by atoms with van der Waals surface area (Å²) < 4.78 is 5.53. The van der Waals surface area contributed by atoms with Gasteiger partial charge >= 0.3 is 0 Å². The summed E-state index contributed by atoms with van der Waals surface area (Å²) >= 11 is 1.55. The molecule has 20 heavy (non-hydrogen) atoms. The van der Waals surface area contributed by atoms with Crippen LogP contribution in [-0.4, -0.2) is 16.7 Å². The number of aliphatic hydroxyl groups is 1. The van der Waals surface area contributed by atoms with Gasteiger partial charge in [0.25, 0.3) is 0 Å². The van der Waals surface area contributed by atoms with E-state index in [1.165, 1.54) is 0 Å². The molecule has 1 aromatic heterocycles. The van der Waals surface area contributed by atoms with Gasteiger partial charge in [0.1, 0.15) is 10.8 Å². The van der Waals surface area contributed by atoms with Crippen molar-refractivity contribution in [1.29, 1.82) is 0 Å². The third-order valence-corrected chi connectivity index (χ3v) is 4.44. The molecule has 0 amide bonds. The number of nitrogens with zero attached hydrogens (tertiary/aromatic N) is 1. The van der Waals surface area contributed by atoms with E-state index in [9.17, 15) is 5.11 Å². The van der Waals surface area contributed by atoms with Gasteiger partial charge in [-0.15, -0.1) is 11.3 Å². The summed E-state index contributed by atoms with van der Waals surface area (Å²) in [5.74, 6) is 0.850. The molecule has 0 bridgehead atoms. The minimum absolute atomic E-state index is 0.649. The molecule has 0 unspecified atom stereocenters. The standard InChI is InChI=1S/C16H21NO2S/c1-5-13-14(16(3,4)18)20-15(17-13)11-8-7-9-12(10-11)19-6-2/h7-10,18H,5-6H2,1-4H3. The first-order valence-corrected chi connectivity index (χ1v) is 7.73. The number of hydrogen-bond donors (Lipinski definition) is 1. The Balaban J connectivity index is 2.43. The van der Waals surface area contributed by atoms with Crippen LogP contribution in [0.25, 0.3) is 10.6 Å². The van der Waals surface area contributed by atoms with Gasteiger partial charge in [0.15, 0.2) is 0 Å². The van der Waals surface area contributed by atoms with Crippen molar-refractivity contribution in [2.75, 3.05) is 6.61 Å². The number of benzene rings is 1. The van der Waals surface area contributed by atoms with E-state index in [-0.39, 0.29) is 0 Å². The number of rotatable bonds is 5. The van der Waals surface area contributed by atoms with Crippen molar-refractivity contribution in [3.05, 3.63) is 34.8 Å². The molecule has 1 aromatic carbocycles. The summed E-state index contributed by atoms with van der Waals surface area (Å²) in [4.78, 5) is 5.61. The predicted molar refractivity (Wildman–Crippen MR) is 83.3 cm³/mol. The van der Waals surface area contributed by atoms with Crippen molar-refractivity contribution in [2.45, 2.75) is 39.7 Å². The molecule has 2 aromatic rings. The Bertz CT molecular complexity index is 584. The summed E-state index contributed by atoms with van der Waals surface area (Å²) in [6.45, 7) is 8.29. The SMILES string of the molecule is CCOc1cccc(-c2nc(CC)c(C(C)(C)O)s2)c1. The Morgan fingerprint density at radius 1 is 1.30 bits per heavy atom. The van der Waals surface area contributed by atoms with Crippen LogP contribution >= 0.6 is 11.3 Å². The van der Waals surface area contributed by atoms with E-state index in [1.807, 2.05) is 31.2 Å². The van der Waals surface area contributed by atoms with Crippen LogP contribution in [0.5, 0.6) is 5.75 Å². The summed E-state index contributed by atoms with van der Waals surface area (Å²) in [6.07, 6.45) is 0.820. The van der Waals surface area contributed by atoms with Gasteiger partial charge in [-0.3, -0.25) is 0 Å². The number of ether oxygens (including phenoxy) is 1. The Morgan fingerprint density at radius 2 is 2.05 bits per heavy atom. The van der Waals surface area contributed by atoms with Crippen LogP contribution in [-0.2, 0) is 12.0 Å². The Kier molecular flexibility index (Phi) is 4.45. The van der Waals surface area contributed by atoms with E-state index in [0.29, 0.717) is 6.61 Å². The largest absolute Gasteiger partial charge is 0.494 e. The third kappa shape index (κ3) is 3.19. The monoisotopic (exact) mass is 291 g/mol. The van der Waals surface area contributed by atoms with E-state index < -0.39 is 5.60 Å². The van der Waals surface area contributed by atoms with Crippen LogP contribution in [0.1, 0.15) is 38.3 Å². The topological polar surface area (TPSA) is 42.4 Å². The molecule has 1 heterocycles. The second-order valence-electron chi connectivity index (χ2n) is 5.17. The molecule has 2 rings (SSSR count). The molecule has 0 aliphatic heterocycles. The minimum atomic E-state index is -0.848. The van der Waals surface area contributed by atoms with Crippen LogP contribution in [0.2, 0.25) is 0 Å². The maximum Gasteiger partial charge on any atom is 0.124 e. The third-order valence-electron chi connectivity index (χ3n) is 2.98. The first kappa shape index (κ1) is 15.0. The first-order chi connectivity index (χ1) is 9.45. The summed E-state index contributed by atoms with van der Waals surface area (Å²) in [6, 6.07) is 7.93. The molecule has 0 saturated carbocycles. The van der Waals surface area contributed by atoms with Gasteiger partial charge in [-0.1, -0.05) is 19.1 Å². The smallest absolute Gasteiger partial charge is 0.124 e. The lowest BCUT2D eigenvalue weighted by Crippen LogP contribution is -2.15. The van der Waals surface area contributed by atoms with Gasteiger partial charge < -0.3 is 9.84 Å². The lowest BCUT2D eigenvalue weighted by molar-refractivity contribution is 0.0814. The Labute approximate surface area is 124 Å². The molecular formula is C16H21NO2S. The van der Waals surface area contributed by atoms with Crippen molar-refractivity contribution >= 4 is 11.3 Å². The zero-order valence-corrected chi connectivity index (χ0v) is 13.3. The molecule has 1 N–H and O–H groups in total. The van der Waals surface area contributed by atoms with Crippen LogP contribution in [0, 0.1) is 0 Å².